The van der Waals surface area contributed by atoms with E-state index in [9.17, 15) is 9.18 Å². The van der Waals surface area contributed by atoms with Crippen molar-refractivity contribution in [2.45, 2.75) is 25.4 Å². The van der Waals surface area contributed by atoms with Gasteiger partial charge >= 0.3 is 0 Å². The number of carbonyl (C=O) groups is 1. The lowest BCUT2D eigenvalue weighted by atomic mass is 10.0. The van der Waals surface area contributed by atoms with E-state index >= 15 is 0 Å². The molecular formula is C22H22FN3O. The summed E-state index contributed by atoms with van der Waals surface area (Å²) < 4.78 is 13.8. The molecule has 1 aliphatic rings. The van der Waals surface area contributed by atoms with Crippen LogP contribution in [0.15, 0.2) is 54.6 Å². The first kappa shape index (κ1) is 18.8. The second kappa shape index (κ2) is 9.11. The standard InChI is InChI=1S/C22H22FN3O/c23-21-4-2-1-3-19(21)16-26-13-11-20(12-14-26)25-22(27)10-9-17-5-7-18(15-24)8-6-17/h1-10,20H,11-14,16H2,(H,25,27)/b10-9+. The number of halogens is 1. The summed E-state index contributed by atoms with van der Waals surface area (Å²) in [6.07, 6.45) is 4.96. The molecule has 1 saturated heterocycles. The minimum atomic E-state index is -0.166. The number of nitrogens with one attached hydrogen (secondary N) is 1. The molecule has 0 radical (unpaired) electrons. The average molecular weight is 363 g/mol. The quantitative estimate of drug-likeness (QED) is 0.828. The second-order valence-electron chi connectivity index (χ2n) is 6.72. The van der Waals surface area contributed by atoms with Gasteiger partial charge in [-0.1, -0.05) is 30.3 Å². The zero-order chi connectivity index (χ0) is 19.1. The third kappa shape index (κ3) is 5.50. The molecule has 4 nitrogen and oxygen atoms in total. The van der Waals surface area contributed by atoms with Gasteiger partial charge in [-0.25, -0.2) is 4.39 Å². The van der Waals surface area contributed by atoms with Crippen molar-refractivity contribution in [2.24, 2.45) is 0 Å². The Labute approximate surface area is 158 Å². The van der Waals surface area contributed by atoms with Crippen molar-refractivity contribution in [3.63, 3.8) is 0 Å². The lowest BCUT2D eigenvalue weighted by molar-refractivity contribution is -0.117. The Balaban J connectivity index is 1.44. The summed E-state index contributed by atoms with van der Waals surface area (Å²) in [5.41, 5.74) is 2.19. The molecule has 1 aliphatic heterocycles. The van der Waals surface area contributed by atoms with E-state index in [2.05, 4.69) is 16.3 Å². The first-order chi connectivity index (χ1) is 13.1. The maximum absolute atomic E-state index is 13.8. The Hall–Kier alpha value is -2.97. The van der Waals surface area contributed by atoms with Crippen molar-refractivity contribution in [3.05, 3.63) is 77.1 Å². The predicted molar refractivity (Wildman–Crippen MR) is 103 cm³/mol. The Kier molecular flexibility index (Phi) is 6.35. The van der Waals surface area contributed by atoms with Crippen LogP contribution in [0.25, 0.3) is 6.08 Å². The first-order valence-corrected chi connectivity index (χ1v) is 9.08. The van der Waals surface area contributed by atoms with E-state index in [4.69, 9.17) is 5.26 Å². The average Bonchev–Trinajstić information content (AvgIpc) is 2.70. The van der Waals surface area contributed by atoms with Gasteiger partial charge in [-0.05, 0) is 42.7 Å². The van der Waals surface area contributed by atoms with Gasteiger partial charge in [0.05, 0.1) is 11.6 Å². The number of amides is 1. The van der Waals surface area contributed by atoms with Crippen molar-refractivity contribution in [1.82, 2.24) is 10.2 Å². The van der Waals surface area contributed by atoms with Crippen LogP contribution in [0.1, 0.15) is 29.5 Å². The SMILES string of the molecule is N#Cc1ccc(/C=C/C(=O)NC2CCN(Cc3ccccc3F)CC2)cc1. The van der Waals surface area contributed by atoms with Crippen LogP contribution in [0.5, 0.6) is 0 Å². The van der Waals surface area contributed by atoms with Gasteiger partial charge in [0.1, 0.15) is 5.82 Å². The monoisotopic (exact) mass is 363 g/mol. The van der Waals surface area contributed by atoms with Gasteiger partial charge in [0, 0.05) is 37.3 Å². The third-order valence-electron chi connectivity index (χ3n) is 4.75. The zero-order valence-corrected chi connectivity index (χ0v) is 15.1. The maximum atomic E-state index is 13.8. The fourth-order valence-electron chi connectivity index (χ4n) is 3.19. The number of benzene rings is 2. The smallest absolute Gasteiger partial charge is 0.244 e. The summed E-state index contributed by atoms with van der Waals surface area (Å²) in [5.74, 6) is -0.284. The molecule has 138 valence electrons. The molecule has 1 fully saturated rings. The number of piperidine rings is 1. The normalized spacial score (nSPS) is 15.6. The van der Waals surface area contributed by atoms with E-state index in [-0.39, 0.29) is 17.8 Å². The molecule has 2 aromatic carbocycles. The fraction of sp³-hybridized carbons (Fsp3) is 0.273. The molecule has 3 rings (SSSR count). The molecule has 1 amide bonds. The Bertz CT molecular complexity index is 847. The van der Waals surface area contributed by atoms with E-state index in [0.29, 0.717) is 17.7 Å². The predicted octanol–water partition coefficient (Wildman–Crippen LogP) is 3.49. The van der Waals surface area contributed by atoms with Gasteiger partial charge in [-0.3, -0.25) is 9.69 Å². The Morgan fingerprint density at radius 1 is 1.19 bits per heavy atom. The van der Waals surface area contributed by atoms with Gasteiger partial charge in [0.25, 0.3) is 0 Å². The minimum absolute atomic E-state index is 0.119. The lowest BCUT2D eigenvalue weighted by Gasteiger charge is -2.32. The van der Waals surface area contributed by atoms with Crippen LogP contribution >= 0.6 is 0 Å². The highest BCUT2D eigenvalue weighted by atomic mass is 19.1. The Morgan fingerprint density at radius 2 is 1.89 bits per heavy atom. The van der Waals surface area contributed by atoms with E-state index in [1.165, 1.54) is 12.1 Å². The lowest BCUT2D eigenvalue weighted by Crippen LogP contribution is -2.44. The highest BCUT2D eigenvalue weighted by Gasteiger charge is 2.20. The summed E-state index contributed by atoms with van der Waals surface area (Å²) in [6.45, 7) is 2.27. The minimum Gasteiger partial charge on any atom is -0.350 e. The first-order valence-electron chi connectivity index (χ1n) is 9.08. The number of carbonyl (C=O) groups excluding carboxylic acids is 1. The summed E-state index contributed by atoms with van der Waals surface area (Å²) in [6, 6.07) is 16.1. The van der Waals surface area contributed by atoms with Gasteiger partial charge < -0.3 is 5.32 Å². The number of nitrogens with zero attached hydrogens (tertiary/aromatic N) is 2. The molecule has 27 heavy (non-hydrogen) atoms. The summed E-state index contributed by atoms with van der Waals surface area (Å²) in [5, 5.41) is 11.8. The van der Waals surface area contributed by atoms with Gasteiger partial charge in [0.15, 0.2) is 0 Å². The fourth-order valence-corrected chi connectivity index (χ4v) is 3.19. The van der Waals surface area contributed by atoms with E-state index < -0.39 is 0 Å². The van der Waals surface area contributed by atoms with Crippen LogP contribution in [0.2, 0.25) is 0 Å². The number of rotatable bonds is 5. The zero-order valence-electron chi connectivity index (χ0n) is 15.1. The Morgan fingerprint density at radius 3 is 2.56 bits per heavy atom. The van der Waals surface area contributed by atoms with Gasteiger partial charge in [-0.15, -0.1) is 0 Å². The van der Waals surface area contributed by atoms with E-state index in [1.807, 2.05) is 24.3 Å². The molecule has 5 heteroatoms. The van der Waals surface area contributed by atoms with Crippen LogP contribution in [0, 0.1) is 17.1 Å². The highest BCUT2D eigenvalue weighted by Crippen LogP contribution is 2.16. The largest absolute Gasteiger partial charge is 0.350 e. The molecule has 0 aliphatic carbocycles. The summed E-state index contributed by atoms with van der Waals surface area (Å²) in [7, 11) is 0. The maximum Gasteiger partial charge on any atom is 0.244 e. The summed E-state index contributed by atoms with van der Waals surface area (Å²) >= 11 is 0. The molecular weight excluding hydrogens is 341 g/mol. The van der Waals surface area contributed by atoms with Crippen molar-refractivity contribution < 1.29 is 9.18 Å². The van der Waals surface area contributed by atoms with Crippen LogP contribution in [0.3, 0.4) is 0 Å². The van der Waals surface area contributed by atoms with Crippen LogP contribution in [-0.4, -0.2) is 29.9 Å². The molecule has 2 aromatic rings. The molecule has 1 N–H and O–H groups in total. The summed E-state index contributed by atoms with van der Waals surface area (Å²) in [4.78, 5) is 14.3. The van der Waals surface area contributed by atoms with Crippen LogP contribution < -0.4 is 5.32 Å². The highest BCUT2D eigenvalue weighted by molar-refractivity contribution is 5.91. The number of nitriles is 1. The van der Waals surface area contributed by atoms with Crippen molar-refractivity contribution in [3.8, 4) is 6.07 Å². The number of hydrogen-bond donors (Lipinski definition) is 1. The van der Waals surface area contributed by atoms with Crippen LogP contribution in [0.4, 0.5) is 4.39 Å². The molecule has 0 spiro atoms. The molecule has 0 atom stereocenters. The topological polar surface area (TPSA) is 56.1 Å². The molecule has 0 unspecified atom stereocenters. The molecule has 1 heterocycles. The van der Waals surface area contributed by atoms with Crippen molar-refractivity contribution >= 4 is 12.0 Å². The molecule has 0 aromatic heterocycles. The van der Waals surface area contributed by atoms with Crippen molar-refractivity contribution in [2.75, 3.05) is 13.1 Å². The molecule has 0 bridgehead atoms. The molecule has 0 saturated carbocycles. The number of likely N-dealkylation sites (tertiary alicyclic amines) is 1. The van der Waals surface area contributed by atoms with Crippen LogP contribution in [-0.2, 0) is 11.3 Å². The van der Waals surface area contributed by atoms with Gasteiger partial charge in [-0.2, -0.15) is 5.26 Å². The number of hydrogen-bond acceptors (Lipinski definition) is 3. The van der Waals surface area contributed by atoms with E-state index in [0.717, 1.165) is 31.5 Å². The van der Waals surface area contributed by atoms with E-state index in [1.54, 1.807) is 24.3 Å². The second-order valence-corrected chi connectivity index (χ2v) is 6.72. The van der Waals surface area contributed by atoms with Gasteiger partial charge in [0.2, 0.25) is 5.91 Å². The third-order valence-corrected chi connectivity index (χ3v) is 4.75. The van der Waals surface area contributed by atoms with Crippen molar-refractivity contribution in [1.29, 1.82) is 5.26 Å².